The molecule has 0 aliphatic heterocycles. The average Bonchev–Trinajstić information content (AvgIpc) is 2.62. The van der Waals surface area contributed by atoms with Crippen LogP contribution in [0.15, 0.2) is 54.6 Å². The fourth-order valence-corrected chi connectivity index (χ4v) is 2.97. The van der Waals surface area contributed by atoms with Crippen molar-refractivity contribution in [3.05, 3.63) is 70.9 Å². The minimum Gasteiger partial charge on any atom is -0.406 e. The highest BCUT2D eigenvalue weighted by atomic mass is 35.5. The van der Waals surface area contributed by atoms with Gasteiger partial charge in [-0.2, -0.15) is 0 Å². The smallest absolute Gasteiger partial charge is 0.406 e. The van der Waals surface area contributed by atoms with Crippen molar-refractivity contribution in [3.8, 4) is 5.75 Å². The van der Waals surface area contributed by atoms with E-state index in [0.717, 1.165) is 5.39 Å². The van der Waals surface area contributed by atoms with Crippen molar-refractivity contribution >= 4 is 22.5 Å². The highest BCUT2D eigenvalue weighted by molar-refractivity contribution is 6.35. The van der Waals surface area contributed by atoms with Crippen LogP contribution in [0.1, 0.15) is 17.3 Å². The summed E-state index contributed by atoms with van der Waals surface area (Å²) in [6.07, 6.45) is -4.74. The molecule has 1 atom stereocenters. The molecular formula is C19H16ClF3N2O2. The van der Waals surface area contributed by atoms with E-state index < -0.39 is 12.4 Å². The zero-order chi connectivity index (χ0) is 19.4. The molecule has 0 spiro atoms. The number of pyridine rings is 1. The maximum Gasteiger partial charge on any atom is 0.573 e. The lowest BCUT2D eigenvalue weighted by molar-refractivity contribution is -0.274. The third-order valence-electron chi connectivity index (χ3n) is 3.90. The number of halogens is 4. The molecule has 8 heteroatoms. The van der Waals surface area contributed by atoms with Gasteiger partial charge in [0.25, 0.3) is 0 Å². The maximum atomic E-state index is 12.3. The lowest BCUT2D eigenvalue weighted by Gasteiger charge is -2.19. The van der Waals surface area contributed by atoms with Crippen molar-refractivity contribution in [2.45, 2.75) is 12.4 Å². The molecule has 4 nitrogen and oxygen atoms in total. The molecule has 0 saturated heterocycles. The number of hydrogen-bond acceptors (Lipinski definition) is 4. The maximum absolute atomic E-state index is 12.3. The minimum atomic E-state index is -4.74. The standard InChI is InChI=1S/C19H16ClF3N2O2/c20-15-3-1-2-12-6-9-16(25-17(12)15)18(24-10-11-26)13-4-7-14(8-5-13)27-19(21,22)23/h1-9,18,24,26H,10-11H2. The molecular weight excluding hydrogens is 381 g/mol. The van der Waals surface area contributed by atoms with Crippen molar-refractivity contribution < 1.29 is 23.0 Å². The second kappa shape index (κ2) is 8.12. The van der Waals surface area contributed by atoms with Gasteiger partial charge < -0.3 is 15.2 Å². The van der Waals surface area contributed by atoms with Crippen molar-refractivity contribution in [2.24, 2.45) is 0 Å². The third-order valence-corrected chi connectivity index (χ3v) is 4.20. The molecule has 0 bridgehead atoms. The lowest BCUT2D eigenvalue weighted by Crippen LogP contribution is -2.26. The highest BCUT2D eigenvalue weighted by Gasteiger charge is 2.31. The van der Waals surface area contributed by atoms with Crippen LogP contribution in [-0.2, 0) is 0 Å². The van der Waals surface area contributed by atoms with Gasteiger partial charge >= 0.3 is 6.36 Å². The Morgan fingerprint density at radius 1 is 1.07 bits per heavy atom. The van der Waals surface area contributed by atoms with Crippen LogP contribution in [0.2, 0.25) is 5.02 Å². The van der Waals surface area contributed by atoms with Crippen LogP contribution < -0.4 is 10.1 Å². The number of hydrogen-bond donors (Lipinski definition) is 2. The van der Waals surface area contributed by atoms with Gasteiger partial charge in [-0.05, 0) is 29.8 Å². The number of para-hydroxylation sites is 1. The summed E-state index contributed by atoms with van der Waals surface area (Å²) < 4.78 is 40.9. The summed E-state index contributed by atoms with van der Waals surface area (Å²) in [5.74, 6) is -0.304. The van der Waals surface area contributed by atoms with E-state index in [2.05, 4.69) is 15.0 Å². The Balaban J connectivity index is 1.95. The highest BCUT2D eigenvalue weighted by Crippen LogP contribution is 2.29. The Morgan fingerprint density at radius 2 is 1.81 bits per heavy atom. The summed E-state index contributed by atoms with van der Waals surface area (Å²) in [5.41, 5.74) is 1.94. The first-order valence-electron chi connectivity index (χ1n) is 8.12. The van der Waals surface area contributed by atoms with Crippen LogP contribution in [0, 0.1) is 0 Å². The first kappa shape index (κ1) is 19.4. The van der Waals surface area contributed by atoms with Crippen LogP contribution >= 0.6 is 11.6 Å². The van der Waals surface area contributed by atoms with E-state index in [1.807, 2.05) is 24.3 Å². The van der Waals surface area contributed by atoms with E-state index in [4.69, 9.17) is 16.7 Å². The number of rotatable bonds is 6. The Hall–Kier alpha value is -2.35. The molecule has 142 valence electrons. The monoisotopic (exact) mass is 396 g/mol. The number of alkyl halides is 3. The molecule has 27 heavy (non-hydrogen) atoms. The first-order valence-corrected chi connectivity index (χ1v) is 8.50. The van der Waals surface area contributed by atoms with E-state index in [9.17, 15) is 13.2 Å². The number of nitrogens with one attached hydrogen (secondary N) is 1. The molecule has 2 N–H and O–H groups in total. The molecule has 2 aromatic carbocycles. The molecule has 1 aromatic heterocycles. The summed E-state index contributed by atoms with van der Waals surface area (Å²) in [4.78, 5) is 4.60. The quantitative estimate of drug-likeness (QED) is 0.646. The van der Waals surface area contributed by atoms with Gasteiger partial charge in [0.05, 0.1) is 28.9 Å². The number of fused-ring (bicyclic) bond motifs is 1. The zero-order valence-corrected chi connectivity index (χ0v) is 14.8. The van der Waals surface area contributed by atoms with Gasteiger partial charge in [0, 0.05) is 11.9 Å². The molecule has 0 fully saturated rings. The summed E-state index contributed by atoms with van der Waals surface area (Å²) >= 11 is 6.22. The Kier molecular flexibility index (Phi) is 5.84. The normalized spacial score (nSPS) is 12.9. The number of aliphatic hydroxyl groups excluding tert-OH is 1. The third kappa shape index (κ3) is 4.88. The molecule has 0 saturated carbocycles. The van der Waals surface area contributed by atoms with Crippen LogP contribution in [0.25, 0.3) is 10.9 Å². The van der Waals surface area contributed by atoms with Crippen LogP contribution in [-0.4, -0.2) is 29.6 Å². The summed E-state index contributed by atoms with van der Waals surface area (Å²) in [6.45, 7) is 0.188. The van der Waals surface area contributed by atoms with Gasteiger partial charge in [-0.1, -0.05) is 41.9 Å². The van der Waals surface area contributed by atoms with E-state index in [1.165, 1.54) is 24.3 Å². The topological polar surface area (TPSA) is 54.4 Å². The number of benzene rings is 2. The molecule has 0 radical (unpaired) electrons. The summed E-state index contributed by atoms with van der Waals surface area (Å²) in [7, 11) is 0. The fraction of sp³-hybridized carbons (Fsp3) is 0.211. The molecule has 0 aliphatic carbocycles. The summed E-state index contributed by atoms with van der Waals surface area (Å²) in [5, 5.41) is 13.7. The van der Waals surface area contributed by atoms with Crippen molar-refractivity contribution in [2.75, 3.05) is 13.2 Å². The van der Waals surface area contributed by atoms with Gasteiger partial charge in [0.1, 0.15) is 5.75 Å². The van der Waals surface area contributed by atoms with Crippen LogP contribution in [0.5, 0.6) is 5.75 Å². The second-order valence-corrected chi connectivity index (χ2v) is 6.18. The first-order chi connectivity index (χ1) is 12.9. The molecule has 3 rings (SSSR count). The van der Waals surface area contributed by atoms with Gasteiger partial charge in [0.15, 0.2) is 0 Å². The van der Waals surface area contributed by atoms with Crippen molar-refractivity contribution in [1.82, 2.24) is 10.3 Å². The van der Waals surface area contributed by atoms with E-state index in [0.29, 0.717) is 21.8 Å². The Morgan fingerprint density at radius 3 is 2.48 bits per heavy atom. The molecule has 0 amide bonds. The molecule has 0 aliphatic rings. The van der Waals surface area contributed by atoms with Gasteiger partial charge in [-0.3, -0.25) is 0 Å². The fourth-order valence-electron chi connectivity index (χ4n) is 2.75. The SMILES string of the molecule is OCCNC(c1ccc(OC(F)(F)F)cc1)c1ccc2cccc(Cl)c2n1. The van der Waals surface area contributed by atoms with Crippen molar-refractivity contribution in [1.29, 1.82) is 0 Å². The van der Waals surface area contributed by atoms with Gasteiger partial charge in [-0.25, -0.2) is 4.98 Å². The van der Waals surface area contributed by atoms with Crippen molar-refractivity contribution in [3.63, 3.8) is 0 Å². The number of nitrogens with zero attached hydrogens (tertiary/aromatic N) is 1. The predicted molar refractivity (Wildman–Crippen MR) is 96.8 cm³/mol. The van der Waals surface area contributed by atoms with E-state index in [-0.39, 0.29) is 18.9 Å². The van der Waals surface area contributed by atoms with E-state index in [1.54, 1.807) is 6.07 Å². The molecule has 1 heterocycles. The molecule has 3 aromatic rings. The predicted octanol–water partition coefficient (Wildman–Crippen LogP) is 4.46. The van der Waals surface area contributed by atoms with Crippen LogP contribution in [0.3, 0.4) is 0 Å². The summed E-state index contributed by atoms with van der Waals surface area (Å²) in [6, 6.07) is 14.2. The Bertz CT molecular complexity index is 917. The average molecular weight is 397 g/mol. The number of aromatic nitrogens is 1. The lowest BCUT2D eigenvalue weighted by atomic mass is 10.0. The minimum absolute atomic E-state index is 0.0971. The number of aliphatic hydroxyl groups is 1. The number of ether oxygens (including phenoxy) is 1. The zero-order valence-electron chi connectivity index (χ0n) is 14.0. The Labute approximate surface area is 158 Å². The second-order valence-electron chi connectivity index (χ2n) is 5.78. The van der Waals surface area contributed by atoms with Crippen LogP contribution in [0.4, 0.5) is 13.2 Å². The van der Waals surface area contributed by atoms with Gasteiger partial charge in [0.2, 0.25) is 0 Å². The van der Waals surface area contributed by atoms with E-state index >= 15 is 0 Å². The van der Waals surface area contributed by atoms with Gasteiger partial charge in [-0.15, -0.1) is 13.2 Å². The largest absolute Gasteiger partial charge is 0.573 e. The molecule has 1 unspecified atom stereocenters.